The SMILES string of the molecule is CCOc1c(C(=O)NC(CC)C(=O)O)cccc1[N+](=O)[O-]. The molecular weight excluding hydrogens is 280 g/mol. The van der Waals surface area contributed by atoms with Crippen molar-refractivity contribution in [2.24, 2.45) is 0 Å². The monoisotopic (exact) mass is 296 g/mol. The summed E-state index contributed by atoms with van der Waals surface area (Å²) in [4.78, 5) is 33.3. The number of hydrogen-bond acceptors (Lipinski definition) is 5. The summed E-state index contributed by atoms with van der Waals surface area (Å²) in [6, 6.07) is 2.85. The number of hydrogen-bond donors (Lipinski definition) is 2. The van der Waals surface area contributed by atoms with Crippen molar-refractivity contribution in [2.75, 3.05) is 6.61 Å². The molecule has 0 aliphatic rings. The number of para-hydroxylation sites is 1. The second-order valence-electron chi connectivity index (χ2n) is 4.12. The number of rotatable bonds is 7. The van der Waals surface area contributed by atoms with Crippen molar-refractivity contribution in [3.8, 4) is 5.75 Å². The van der Waals surface area contributed by atoms with Crippen LogP contribution in [0, 0.1) is 10.1 Å². The zero-order chi connectivity index (χ0) is 16.0. The smallest absolute Gasteiger partial charge is 0.326 e. The van der Waals surface area contributed by atoms with Gasteiger partial charge < -0.3 is 15.2 Å². The molecule has 1 amide bonds. The molecule has 0 aliphatic heterocycles. The molecule has 1 atom stereocenters. The summed E-state index contributed by atoms with van der Waals surface area (Å²) >= 11 is 0. The van der Waals surface area contributed by atoms with E-state index in [9.17, 15) is 19.7 Å². The number of amides is 1. The predicted octanol–water partition coefficient (Wildman–Crippen LogP) is 1.59. The lowest BCUT2D eigenvalue weighted by Crippen LogP contribution is -2.40. The molecule has 1 rings (SSSR count). The van der Waals surface area contributed by atoms with Gasteiger partial charge >= 0.3 is 11.7 Å². The second kappa shape index (κ2) is 7.22. The summed E-state index contributed by atoms with van der Waals surface area (Å²) < 4.78 is 5.18. The Labute approximate surface area is 120 Å². The Balaban J connectivity index is 3.16. The van der Waals surface area contributed by atoms with Crippen LogP contribution in [0.1, 0.15) is 30.6 Å². The molecule has 1 unspecified atom stereocenters. The molecule has 1 aromatic carbocycles. The first-order chi connectivity index (χ1) is 9.92. The zero-order valence-corrected chi connectivity index (χ0v) is 11.7. The molecule has 0 fully saturated rings. The third-order valence-corrected chi connectivity index (χ3v) is 2.74. The number of carboxylic acid groups (broad SMARTS) is 1. The Morgan fingerprint density at radius 1 is 1.43 bits per heavy atom. The highest BCUT2D eigenvalue weighted by Crippen LogP contribution is 2.31. The number of nitrogens with zero attached hydrogens (tertiary/aromatic N) is 1. The van der Waals surface area contributed by atoms with Gasteiger partial charge in [-0.2, -0.15) is 0 Å². The molecule has 0 heterocycles. The minimum Gasteiger partial charge on any atom is -0.487 e. The van der Waals surface area contributed by atoms with E-state index in [1.807, 2.05) is 0 Å². The van der Waals surface area contributed by atoms with Crippen molar-refractivity contribution < 1.29 is 24.4 Å². The van der Waals surface area contributed by atoms with Gasteiger partial charge in [0.1, 0.15) is 6.04 Å². The lowest BCUT2D eigenvalue weighted by molar-refractivity contribution is -0.385. The summed E-state index contributed by atoms with van der Waals surface area (Å²) in [6.45, 7) is 3.38. The van der Waals surface area contributed by atoms with Crippen LogP contribution in [0.3, 0.4) is 0 Å². The number of nitro groups is 1. The largest absolute Gasteiger partial charge is 0.487 e. The van der Waals surface area contributed by atoms with E-state index in [4.69, 9.17) is 9.84 Å². The van der Waals surface area contributed by atoms with Crippen LogP contribution in [0.15, 0.2) is 18.2 Å². The van der Waals surface area contributed by atoms with Crippen molar-refractivity contribution in [1.82, 2.24) is 5.32 Å². The zero-order valence-electron chi connectivity index (χ0n) is 11.7. The van der Waals surface area contributed by atoms with Gasteiger partial charge in [-0.25, -0.2) is 4.79 Å². The first-order valence-electron chi connectivity index (χ1n) is 6.36. The maximum atomic E-state index is 12.1. The van der Waals surface area contributed by atoms with Gasteiger partial charge in [-0.05, 0) is 19.4 Å². The van der Waals surface area contributed by atoms with E-state index in [1.54, 1.807) is 13.8 Å². The summed E-state index contributed by atoms with van der Waals surface area (Å²) in [5.41, 5.74) is -0.404. The van der Waals surface area contributed by atoms with E-state index in [0.29, 0.717) is 0 Å². The number of ether oxygens (including phenoxy) is 1. The van der Waals surface area contributed by atoms with E-state index >= 15 is 0 Å². The normalized spacial score (nSPS) is 11.5. The topological polar surface area (TPSA) is 119 Å². The van der Waals surface area contributed by atoms with Crippen LogP contribution in [-0.4, -0.2) is 34.6 Å². The predicted molar refractivity (Wildman–Crippen MR) is 73.4 cm³/mol. The number of benzene rings is 1. The second-order valence-corrected chi connectivity index (χ2v) is 4.12. The molecule has 1 aromatic rings. The molecule has 8 nitrogen and oxygen atoms in total. The third-order valence-electron chi connectivity index (χ3n) is 2.74. The van der Waals surface area contributed by atoms with Gasteiger partial charge in [0.25, 0.3) is 5.91 Å². The van der Waals surface area contributed by atoms with Crippen LogP contribution in [0.2, 0.25) is 0 Å². The summed E-state index contributed by atoms with van der Waals surface area (Å²) in [7, 11) is 0. The van der Waals surface area contributed by atoms with Gasteiger partial charge in [-0.3, -0.25) is 14.9 Å². The van der Waals surface area contributed by atoms with E-state index < -0.39 is 22.8 Å². The van der Waals surface area contributed by atoms with Crippen LogP contribution in [0.4, 0.5) is 5.69 Å². The molecule has 0 saturated heterocycles. The Bertz CT molecular complexity index is 558. The van der Waals surface area contributed by atoms with Crippen molar-refractivity contribution in [2.45, 2.75) is 26.3 Å². The molecule has 8 heteroatoms. The standard InChI is InChI=1S/C13H16N2O6/c1-3-9(13(17)18)14-12(16)8-6-5-7-10(15(19)20)11(8)21-4-2/h5-7,9H,3-4H2,1-2H3,(H,14,16)(H,17,18). The third kappa shape index (κ3) is 3.91. The first-order valence-corrected chi connectivity index (χ1v) is 6.36. The molecule has 0 radical (unpaired) electrons. The lowest BCUT2D eigenvalue weighted by atomic mass is 10.1. The van der Waals surface area contributed by atoms with Crippen LogP contribution in [0.25, 0.3) is 0 Å². The summed E-state index contributed by atoms with van der Waals surface area (Å²) in [5.74, 6) is -2.06. The number of nitrogens with one attached hydrogen (secondary N) is 1. The van der Waals surface area contributed by atoms with Crippen LogP contribution >= 0.6 is 0 Å². The van der Waals surface area contributed by atoms with E-state index in [-0.39, 0.29) is 30.0 Å². The minimum atomic E-state index is -1.17. The molecule has 114 valence electrons. The fourth-order valence-electron chi connectivity index (χ4n) is 1.72. The lowest BCUT2D eigenvalue weighted by Gasteiger charge is -2.14. The van der Waals surface area contributed by atoms with E-state index in [1.165, 1.54) is 18.2 Å². The van der Waals surface area contributed by atoms with Gasteiger partial charge in [-0.1, -0.05) is 13.0 Å². The molecule has 0 aliphatic carbocycles. The number of aliphatic carboxylic acids is 1. The number of nitro benzene ring substituents is 1. The van der Waals surface area contributed by atoms with Crippen molar-refractivity contribution >= 4 is 17.6 Å². The first kappa shape index (κ1) is 16.4. The Kier molecular flexibility index (Phi) is 5.65. The Hall–Kier alpha value is -2.64. The van der Waals surface area contributed by atoms with Crippen molar-refractivity contribution in [1.29, 1.82) is 0 Å². The van der Waals surface area contributed by atoms with Gasteiger partial charge in [0.05, 0.1) is 17.1 Å². The maximum absolute atomic E-state index is 12.1. The highest BCUT2D eigenvalue weighted by Gasteiger charge is 2.25. The number of carboxylic acids is 1. The summed E-state index contributed by atoms with van der Waals surface area (Å²) in [5, 5.41) is 22.2. The fraction of sp³-hybridized carbons (Fsp3) is 0.385. The van der Waals surface area contributed by atoms with E-state index in [2.05, 4.69) is 5.32 Å². The minimum absolute atomic E-state index is 0.0641. The molecular formula is C13H16N2O6. The molecule has 21 heavy (non-hydrogen) atoms. The molecule has 0 aromatic heterocycles. The molecule has 0 spiro atoms. The number of carbonyl (C=O) groups is 2. The van der Waals surface area contributed by atoms with Crippen LogP contribution in [-0.2, 0) is 4.79 Å². The molecule has 0 saturated carbocycles. The highest BCUT2D eigenvalue weighted by atomic mass is 16.6. The highest BCUT2D eigenvalue weighted by molar-refractivity contribution is 6.00. The Morgan fingerprint density at radius 2 is 2.10 bits per heavy atom. The van der Waals surface area contributed by atoms with Crippen LogP contribution in [0.5, 0.6) is 5.75 Å². The molecule has 2 N–H and O–H groups in total. The Morgan fingerprint density at radius 3 is 2.57 bits per heavy atom. The quantitative estimate of drug-likeness (QED) is 0.582. The average Bonchev–Trinajstić information content (AvgIpc) is 2.44. The van der Waals surface area contributed by atoms with E-state index in [0.717, 1.165) is 0 Å². The fourth-order valence-corrected chi connectivity index (χ4v) is 1.72. The van der Waals surface area contributed by atoms with Gasteiger partial charge in [0, 0.05) is 6.07 Å². The maximum Gasteiger partial charge on any atom is 0.326 e. The van der Waals surface area contributed by atoms with Crippen LogP contribution < -0.4 is 10.1 Å². The van der Waals surface area contributed by atoms with Gasteiger partial charge in [-0.15, -0.1) is 0 Å². The van der Waals surface area contributed by atoms with Crippen molar-refractivity contribution in [3.63, 3.8) is 0 Å². The van der Waals surface area contributed by atoms with Crippen molar-refractivity contribution in [3.05, 3.63) is 33.9 Å². The number of carbonyl (C=O) groups excluding carboxylic acids is 1. The van der Waals surface area contributed by atoms with Gasteiger partial charge in [0.2, 0.25) is 5.75 Å². The van der Waals surface area contributed by atoms with Gasteiger partial charge in [0.15, 0.2) is 0 Å². The average molecular weight is 296 g/mol. The summed E-state index contributed by atoms with van der Waals surface area (Å²) in [6.07, 6.45) is 0.194. The molecule has 0 bridgehead atoms.